The van der Waals surface area contributed by atoms with Crippen LogP contribution in [0.3, 0.4) is 0 Å². The fourth-order valence-electron chi connectivity index (χ4n) is 1.96. The van der Waals surface area contributed by atoms with E-state index in [1.165, 1.54) is 6.42 Å². The molecule has 0 aliphatic carbocycles. The van der Waals surface area contributed by atoms with E-state index in [1.807, 2.05) is 0 Å². The molecule has 0 radical (unpaired) electrons. The summed E-state index contributed by atoms with van der Waals surface area (Å²) in [6.45, 7) is 3.82. The first-order valence-corrected chi connectivity index (χ1v) is 5.44. The number of carbonyl (C=O) groups is 1. The van der Waals surface area contributed by atoms with Crippen molar-refractivity contribution in [1.82, 2.24) is 10.2 Å². The zero-order valence-electron chi connectivity index (χ0n) is 9.28. The summed E-state index contributed by atoms with van der Waals surface area (Å²) < 4.78 is 0. The highest BCUT2D eigenvalue weighted by molar-refractivity contribution is 5.67. The van der Waals surface area contributed by atoms with Crippen molar-refractivity contribution < 1.29 is 9.90 Å². The largest absolute Gasteiger partial charge is 0.481 e. The van der Waals surface area contributed by atoms with Crippen molar-refractivity contribution in [2.45, 2.75) is 18.9 Å². The Kier molecular flexibility index (Phi) is 5.01. The van der Waals surface area contributed by atoms with Crippen molar-refractivity contribution >= 4 is 5.97 Å². The first-order chi connectivity index (χ1) is 7.08. The van der Waals surface area contributed by atoms with E-state index in [4.69, 9.17) is 10.8 Å². The average molecular weight is 215 g/mol. The number of hydrogen-bond donors (Lipinski definition) is 3. The van der Waals surface area contributed by atoms with Crippen LogP contribution in [0.1, 0.15) is 12.8 Å². The van der Waals surface area contributed by atoms with Crippen LogP contribution in [-0.2, 0) is 4.79 Å². The predicted octanol–water partition coefficient (Wildman–Crippen LogP) is -0.670. The van der Waals surface area contributed by atoms with E-state index < -0.39 is 5.97 Å². The molecule has 15 heavy (non-hydrogen) atoms. The van der Waals surface area contributed by atoms with Gasteiger partial charge in [-0.05, 0) is 32.5 Å². The summed E-state index contributed by atoms with van der Waals surface area (Å²) in [4.78, 5) is 12.7. The molecule has 1 saturated heterocycles. The Hall–Kier alpha value is -0.650. The van der Waals surface area contributed by atoms with E-state index in [0.717, 1.165) is 19.6 Å². The molecule has 1 rings (SSSR count). The van der Waals surface area contributed by atoms with Gasteiger partial charge in [-0.3, -0.25) is 4.79 Å². The first-order valence-electron chi connectivity index (χ1n) is 5.44. The molecule has 5 heteroatoms. The topological polar surface area (TPSA) is 78.6 Å². The third kappa shape index (κ3) is 5.11. The minimum Gasteiger partial charge on any atom is -0.481 e. The van der Waals surface area contributed by atoms with Gasteiger partial charge in [-0.25, -0.2) is 0 Å². The molecular formula is C10H21N3O2. The van der Waals surface area contributed by atoms with Gasteiger partial charge in [-0.1, -0.05) is 0 Å². The number of hydrogen-bond acceptors (Lipinski definition) is 4. The summed E-state index contributed by atoms with van der Waals surface area (Å²) in [5.74, 6) is -0.142. The van der Waals surface area contributed by atoms with Gasteiger partial charge in [0, 0.05) is 19.1 Å². The summed E-state index contributed by atoms with van der Waals surface area (Å²) in [5.41, 5.74) is 5.63. The molecule has 0 aromatic rings. The number of carboxylic acid groups (broad SMARTS) is 1. The van der Waals surface area contributed by atoms with E-state index in [-0.39, 0.29) is 12.5 Å². The molecule has 1 heterocycles. The highest BCUT2D eigenvalue weighted by Crippen LogP contribution is 2.12. The second kappa shape index (κ2) is 6.05. The second-order valence-corrected chi connectivity index (χ2v) is 4.43. The fraction of sp³-hybridized carbons (Fsp3) is 0.900. The summed E-state index contributed by atoms with van der Waals surface area (Å²) in [7, 11) is 2.12. The van der Waals surface area contributed by atoms with Crippen LogP contribution in [0.2, 0.25) is 0 Å². The fourth-order valence-corrected chi connectivity index (χ4v) is 1.96. The monoisotopic (exact) mass is 215 g/mol. The van der Waals surface area contributed by atoms with Gasteiger partial charge in [0.15, 0.2) is 0 Å². The van der Waals surface area contributed by atoms with Gasteiger partial charge in [0.1, 0.15) is 0 Å². The van der Waals surface area contributed by atoms with Gasteiger partial charge in [0.2, 0.25) is 0 Å². The molecular weight excluding hydrogens is 194 g/mol. The Bertz CT molecular complexity index is 211. The lowest BCUT2D eigenvalue weighted by Gasteiger charge is -2.14. The number of likely N-dealkylation sites (tertiary alicyclic amines) is 1. The molecule has 88 valence electrons. The van der Waals surface area contributed by atoms with Crippen LogP contribution < -0.4 is 11.1 Å². The molecule has 5 nitrogen and oxygen atoms in total. The average Bonchev–Trinajstić information content (AvgIpc) is 2.50. The Balaban J connectivity index is 2.03. The van der Waals surface area contributed by atoms with Gasteiger partial charge >= 0.3 is 5.97 Å². The standard InChI is InChI=1S/C10H21N3O2/c1-13-3-2-8(7-13)5-12-6-9(11)4-10(14)15/h8-9,12H,2-7,11H2,1H3,(H,14,15). The molecule has 0 bridgehead atoms. The third-order valence-electron chi connectivity index (χ3n) is 2.77. The molecule has 0 spiro atoms. The van der Waals surface area contributed by atoms with Crippen molar-refractivity contribution in [1.29, 1.82) is 0 Å². The summed E-state index contributed by atoms with van der Waals surface area (Å²) >= 11 is 0. The molecule has 0 saturated carbocycles. The van der Waals surface area contributed by atoms with Crippen LogP contribution in [0, 0.1) is 5.92 Å². The number of aliphatic carboxylic acids is 1. The molecule has 2 atom stereocenters. The van der Waals surface area contributed by atoms with Gasteiger partial charge < -0.3 is 21.1 Å². The lowest BCUT2D eigenvalue weighted by Crippen LogP contribution is -2.38. The van der Waals surface area contributed by atoms with Crippen molar-refractivity contribution in [2.75, 3.05) is 33.2 Å². The summed E-state index contributed by atoms with van der Waals surface area (Å²) in [6.07, 6.45) is 1.26. The van der Waals surface area contributed by atoms with Gasteiger partial charge in [-0.2, -0.15) is 0 Å². The lowest BCUT2D eigenvalue weighted by molar-refractivity contribution is -0.137. The zero-order chi connectivity index (χ0) is 11.3. The van der Waals surface area contributed by atoms with Crippen molar-refractivity contribution in [2.24, 2.45) is 11.7 Å². The maximum Gasteiger partial charge on any atom is 0.304 e. The Morgan fingerprint density at radius 2 is 2.47 bits per heavy atom. The van der Waals surface area contributed by atoms with E-state index in [9.17, 15) is 4.79 Å². The quantitative estimate of drug-likeness (QED) is 0.547. The van der Waals surface area contributed by atoms with Crippen LogP contribution in [0.5, 0.6) is 0 Å². The van der Waals surface area contributed by atoms with Crippen LogP contribution in [0.25, 0.3) is 0 Å². The SMILES string of the molecule is CN1CCC(CNCC(N)CC(=O)O)C1. The Morgan fingerprint density at radius 3 is 3.00 bits per heavy atom. The minimum atomic E-state index is -0.829. The van der Waals surface area contributed by atoms with Crippen molar-refractivity contribution in [3.63, 3.8) is 0 Å². The highest BCUT2D eigenvalue weighted by atomic mass is 16.4. The number of nitrogens with two attached hydrogens (primary N) is 1. The van der Waals surface area contributed by atoms with Crippen LogP contribution in [-0.4, -0.2) is 55.2 Å². The molecule has 0 aromatic heterocycles. The smallest absolute Gasteiger partial charge is 0.304 e. The molecule has 1 aliphatic heterocycles. The zero-order valence-corrected chi connectivity index (χ0v) is 9.28. The molecule has 1 aliphatic rings. The molecule has 4 N–H and O–H groups in total. The van der Waals surface area contributed by atoms with Crippen LogP contribution in [0.15, 0.2) is 0 Å². The van der Waals surface area contributed by atoms with E-state index in [2.05, 4.69) is 17.3 Å². The molecule has 2 unspecified atom stereocenters. The van der Waals surface area contributed by atoms with Gasteiger partial charge in [-0.15, -0.1) is 0 Å². The molecule has 0 amide bonds. The molecule has 0 aromatic carbocycles. The van der Waals surface area contributed by atoms with Crippen molar-refractivity contribution in [3.8, 4) is 0 Å². The Morgan fingerprint density at radius 1 is 1.73 bits per heavy atom. The van der Waals surface area contributed by atoms with Gasteiger partial charge in [0.25, 0.3) is 0 Å². The highest BCUT2D eigenvalue weighted by Gasteiger charge is 2.19. The maximum absolute atomic E-state index is 10.4. The number of rotatable bonds is 6. The lowest BCUT2D eigenvalue weighted by atomic mass is 10.1. The summed E-state index contributed by atoms with van der Waals surface area (Å²) in [6, 6.07) is -0.276. The molecule has 1 fully saturated rings. The maximum atomic E-state index is 10.4. The van der Waals surface area contributed by atoms with E-state index in [1.54, 1.807) is 0 Å². The summed E-state index contributed by atoms with van der Waals surface area (Å²) in [5, 5.41) is 11.8. The van der Waals surface area contributed by atoms with Crippen LogP contribution in [0.4, 0.5) is 0 Å². The minimum absolute atomic E-state index is 0.0393. The second-order valence-electron chi connectivity index (χ2n) is 4.43. The van der Waals surface area contributed by atoms with Crippen LogP contribution >= 0.6 is 0 Å². The van der Waals surface area contributed by atoms with Crippen molar-refractivity contribution in [3.05, 3.63) is 0 Å². The van der Waals surface area contributed by atoms with Gasteiger partial charge in [0.05, 0.1) is 6.42 Å². The normalized spacial score (nSPS) is 24.3. The van der Waals surface area contributed by atoms with E-state index in [0.29, 0.717) is 12.5 Å². The number of nitrogens with one attached hydrogen (secondary N) is 1. The first kappa shape index (κ1) is 12.4. The third-order valence-corrected chi connectivity index (χ3v) is 2.77. The Labute approximate surface area is 90.6 Å². The predicted molar refractivity (Wildman–Crippen MR) is 58.7 cm³/mol. The number of carboxylic acids is 1. The number of nitrogens with zero attached hydrogens (tertiary/aromatic N) is 1. The van der Waals surface area contributed by atoms with E-state index >= 15 is 0 Å².